The first kappa shape index (κ1) is 15.3. The van der Waals surface area contributed by atoms with E-state index in [-0.39, 0.29) is 11.6 Å². The Morgan fingerprint density at radius 1 is 0.640 bits per heavy atom. The van der Waals surface area contributed by atoms with Crippen LogP contribution in [0.3, 0.4) is 0 Å². The van der Waals surface area contributed by atoms with E-state index in [0.29, 0.717) is 16.8 Å². The van der Waals surface area contributed by atoms with E-state index in [1.54, 1.807) is 60.7 Å². The summed E-state index contributed by atoms with van der Waals surface area (Å²) < 4.78 is 0. The Balaban J connectivity index is 1.78. The summed E-state index contributed by atoms with van der Waals surface area (Å²) >= 11 is 0. The van der Waals surface area contributed by atoms with E-state index >= 15 is 0 Å². The van der Waals surface area contributed by atoms with Crippen LogP contribution in [0.15, 0.2) is 91.0 Å². The van der Waals surface area contributed by atoms with Gasteiger partial charge in [0.2, 0.25) is 11.6 Å². The van der Waals surface area contributed by atoms with Crippen molar-refractivity contribution in [2.24, 2.45) is 0 Å². The number of hydroxylamine groups is 1. The van der Waals surface area contributed by atoms with Crippen molar-refractivity contribution in [3.8, 4) is 0 Å². The van der Waals surface area contributed by atoms with Gasteiger partial charge in [-0.05, 0) is 12.1 Å². The second-order valence-electron chi connectivity index (χ2n) is 5.76. The van der Waals surface area contributed by atoms with Crippen LogP contribution in [0.4, 0.5) is 5.69 Å². The minimum absolute atomic E-state index is 0.370. The lowest BCUT2D eigenvalue weighted by atomic mass is 9.94. The van der Waals surface area contributed by atoms with E-state index < -0.39 is 5.72 Å². The molecule has 0 N–H and O–H groups in total. The fourth-order valence-electron chi connectivity index (χ4n) is 2.85. The van der Waals surface area contributed by atoms with Crippen LogP contribution in [-0.2, 0) is 4.84 Å². The summed E-state index contributed by atoms with van der Waals surface area (Å²) in [7, 11) is 0. The molecular weight excluding hydrogens is 314 g/mol. The summed E-state index contributed by atoms with van der Waals surface area (Å²) in [6, 6.07) is 26.6. The highest BCUT2D eigenvalue weighted by Crippen LogP contribution is 2.44. The summed E-state index contributed by atoms with van der Waals surface area (Å²) in [6.45, 7) is 0. The molecule has 1 aliphatic rings. The number of benzene rings is 3. The van der Waals surface area contributed by atoms with Gasteiger partial charge in [-0.3, -0.25) is 9.59 Å². The standard InChI is InChI=1S/C21H15NO3/c23-19(16-10-4-1-5-11-16)21(20(24)17-12-6-2-7-13-17)22(25-21)18-14-8-3-9-15-18/h1-15H. The smallest absolute Gasteiger partial charge is 0.288 e. The van der Waals surface area contributed by atoms with Crippen molar-refractivity contribution in [1.82, 2.24) is 0 Å². The molecule has 25 heavy (non-hydrogen) atoms. The highest BCUT2D eigenvalue weighted by Gasteiger charge is 2.67. The first-order valence-electron chi connectivity index (χ1n) is 7.97. The number of para-hydroxylation sites is 1. The van der Waals surface area contributed by atoms with Gasteiger partial charge in [-0.15, -0.1) is 0 Å². The molecule has 4 heteroatoms. The van der Waals surface area contributed by atoms with Gasteiger partial charge in [-0.2, -0.15) is 0 Å². The molecule has 3 aromatic rings. The van der Waals surface area contributed by atoms with Crippen molar-refractivity contribution in [2.45, 2.75) is 5.72 Å². The summed E-state index contributed by atoms with van der Waals surface area (Å²) in [5.41, 5.74) is -0.115. The fraction of sp³-hybridized carbons (Fsp3) is 0.0476. The number of carbonyl (C=O) groups is 2. The largest absolute Gasteiger partial charge is 0.316 e. The third-order valence-electron chi connectivity index (χ3n) is 4.16. The summed E-state index contributed by atoms with van der Waals surface area (Å²) in [4.78, 5) is 31.9. The topological polar surface area (TPSA) is 49.7 Å². The molecule has 4 nitrogen and oxygen atoms in total. The van der Waals surface area contributed by atoms with Gasteiger partial charge in [-0.25, -0.2) is 9.90 Å². The lowest BCUT2D eigenvalue weighted by molar-refractivity contribution is 0.0752. The average Bonchev–Trinajstić information content (AvgIpc) is 3.46. The molecular formula is C21H15NO3. The molecule has 1 aliphatic heterocycles. The fourth-order valence-corrected chi connectivity index (χ4v) is 2.85. The van der Waals surface area contributed by atoms with Gasteiger partial charge in [0.05, 0.1) is 5.69 Å². The Morgan fingerprint density at radius 3 is 1.48 bits per heavy atom. The first-order valence-corrected chi connectivity index (χ1v) is 7.97. The van der Waals surface area contributed by atoms with Crippen molar-refractivity contribution < 1.29 is 14.4 Å². The van der Waals surface area contributed by atoms with E-state index in [0.717, 1.165) is 0 Å². The van der Waals surface area contributed by atoms with Crippen LogP contribution in [0.1, 0.15) is 20.7 Å². The van der Waals surface area contributed by atoms with Crippen LogP contribution >= 0.6 is 0 Å². The third kappa shape index (κ3) is 2.53. The van der Waals surface area contributed by atoms with E-state index in [4.69, 9.17) is 4.84 Å². The Hall–Kier alpha value is -3.24. The van der Waals surface area contributed by atoms with Crippen molar-refractivity contribution >= 4 is 17.3 Å². The third-order valence-corrected chi connectivity index (χ3v) is 4.16. The molecule has 0 saturated carbocycles. The monoisotopic (exact) mass is 329 g/mol. The van der Waals surface area contributed by atoms with Gasteiger partial charge in [-0.1, -0.05) is 78.9 Å². The maximum absolute atomic E-state index is 13.1. The number of rotatable bonds is 5. The van der Waals surface area contributed by atoms with Crippen molar-refractivity contribution in [3.05, 3.63) is 102 Å². The van der Waals surface area contributed by atoms with Crippen molar-refractivity contribution in [1.29, 1.82) is 0 Å². The molecule has 0 unspecified atom stereocenters. The van der Waals surface area contributed by atoms with Gasteiger partial charge < -0.3 is 0 Å². The number of anilines is 1. The molecule has 0 amide bonds. The molecule has 1 heterocycles. The lowest BCUT2D eigenvalue weighted by Gasteiger charge is -2.11. The molecule has 0 radical (unpaired) electrons. The van der Waals surface area contributed by atoms with Gasteiger partial charge in [0.15, 0.2) is 0 Å². The summed E-state index contributed by atoms with van der Waals surface area (Å²) in [5.74, 6) is -0.739. The Morgan fingerprint density at radius 2 is 1.04 bits per heavy atom. The predicted octanol–water partition coefficient (Wildman–Crippen LogP) is 3.90. The molecule has 1 fully saturated rings. The normalized spacial score (nSPS) is 14.8. The van der Waals surface area contributed by atoms with E-state index in [1.807, 2.05) is 30.3 Å². The zero-order valence-electron chi connectivity index (χ0n) is 13.3. The Bertz CT molecular complexity index is 856. The minimum Gasteiger partial charge on any atom is -0.288 e. The van der Waals surface area contributed by atoms with Crippen LogP contribution in [0.2, 0.25) is 0 Å². The quantitative estimate of drug-likeness (QED) is 0.405. The van der Waals surface area contributed by atoms with Gasteiger partial charge >= 0.3 is 5.72 Å². The van der Waals surface area contributed by atoms with Crippen LogP contribution in [0.25, 0.3) is 0 Å². The number of hydrogen-bond acceptors (Lipinski definition) is 4. The average molecular weight is 329 g/mol. The molecule has 4 rings (SSSR count). The van der Waals surface area contributed by atoms with E-state index in [9.17, 15) is 9.59 Å². The Labute approximate surface area is 145 Å². The number of nitrogens with zero attached hydrogens (tertiary/aromatic N) is 1. The second kappa shape index (κ2) is 6.00. The van der Waals surface area contributed by atoms with E-state index in [1.165, 1.54) is 5.06 Å². The van der Waals surface area contributed by atoms with Crippen molar-refractivity contribution in [2.75, 3.05) is 5.06 Å². The first-order chi connectivity index (χ1) is 12.2. The number of Topliss-reactive ketones (excluding diaryl/α,β-unsaturated/α-hetero) is 2. The Kier molecular flexibility index (Phi) is 3.67. The minimum atomic E-state index is -1.65. The molecule has 0 atom stereocenters. The summed E-state index contributed by atoms with van der Waals surface area (Å²) in [6.07, 6.45) is 0. The molecule has 0 aliphatic carbocycles. The number of carbonyl (C=O) groups excluding carboxylic acids is 2. The van der Waals surface area contributed by atoms with Crippen LogP contribution in [0, 0.1) is 0 Å². The molecule has 1 saturated heterocycles. The summed E-state index contributed by atoms with van der Waals surface area (Å²) in [5, 5.41) is 1.39. The SMILES string of the molecule is O=C(c1ccccc1)C1(C(=O)c2ccccc2)ON1c1ccccc1. The van der Waals surface area contributed by atoms with Gasteiger partial charge in [0.25, 0.3) is 0 Å². The van der Waals surface area contributed by atoms with E-state index in [2.05, 4.69) is 0 Å². The lowest BCUT2D eigenvalue weighted by Crippen LogP contribution is -2.38. The van der Waals surface area contributed by atoms with Crippen molar-refractivity contribution in [3.63, 3.8) is 0 Å². The highest BCUT2D eigenvalue weighted by atomic mass is 16.9. The van der Waals surface area contributed by atoms with Crippen LogP contribution in [-0.4, -0.2) is 17.3 Å². The zero-order chi connectivity index (χ0) is 17.3. The maximum atomic E-state index is 13.1. The molecule has 0 aromatic heterocycles. The van der Waals surface area contributed by atoms with Gasteiger partial charge in [0.1, 0.15) is 0 Å². The number of ketones is 2. The molecule has 122 valence electrons. The van der Waals surface area contributed by atoms with Gasteiger partial charge in [0, 0.05) is 11.1 Å². The molecule has 0 bridgehead atoms. The predicted molar refractivity (Wildman–Crippen MR) is 94.3 cm³/mol. The molecule has 0 spiro atoms. The van der Waals surface area contributed by atoms with Crippen LogP contribution < -0.4 is 5.06 Å². The molecule has 3 aromatic carbocycles. The van der Waals surface area contributed by atoms with Crippen LogP contribution in [0.5, 0.6) is 0 Å². The maximum Gasteiger partial charge on any atom is 0.316 e. The zero-order valence-corrected chi connectivity index (χ0v) is 13.3. The number of hydrogen-bond donors (Lipinski definition) is 0. The highest BCUT2D eigenvalue weighted by molar-refractivity contribution is 6.26. The second-order valence-corrected chi connectivity index (χ2v) is 5.76.